The molecule has 25 heavy (non-hydrogen) atoms. The Balaban J connectivity index is 1.51. The van der Waals surface area contributed by atoms with E-state index in [9.17, 15) is 9.18 Å². The van der Waals surface area contributed by atoms with E-state index < -0.39 is 5.54 Å². The van der Waals surface area contributed by atoms with Crippen LogP contribution in [0.3, 0.4) is 0 Å². The Labute approximate surface area is 147 Å². The fourth-order valence-electron chi connectivity index (χ4n) is 3.86. The highest BCUT2D eigenvalue weighted by Gasteiger charge is 2.47. The number of carbonyl (C=O) groups excluding carboxylic acids is 1. The smallest absolute Gasteiger partial charge is 0.224 e. The lowest BCUT2D eigenvalue weighted by Crippen LogP contribution is -2.50. The Hall–Kier alpha value is -2.20. The summed E-state index contributed by atoms with van der Waals surface area (Å²) in [7, 11) is 0. The average molecular weight is 339 g/mol. The van der Waals surface area contributed by atoms with Gasteiger partial charge >= 0.3 is 0 Å². The molecular formula is C21H22FNO2. The van der Waals surface area contributed by atoms with Gasteiger partial charge in [0.15, 0.2) is 0 Å². The van der Waals surface area contributed by atoms with E-state index in [2.05, 4.69) is 17.4 Å². The summed E-state index contributed by atoms with van der Waals surface area (Å²) >= 11 is 0. The Morgan fingerprint density at radius 3 is 2.40 bits per heavy atom. The quantitative estimate of drug-likeness (QED) is 0.921. The first-order chi connectivity index (χ1) is 12.2. The third-order valence-corrected chi connectivity index (χ3v) is 5.46. The molecule has 0 unspecified atom stereocenters. The van der Waals surface area contributed by atoms with E-state index in [0.717, 1.165) is 12.0 Å². The van der Waals surface area contributed by atoms with Crippen molar-refractivity contribution in [1.29, 1.82) is 0 Å². The van der Waals surface area contributed by atoms with Crippen molar-refractivity contribution >= 4 is 5.91 Å². The van der Waals surface area contributed by atoms with Crippen molar-refractivity contribution in [1.82, 2.24) is 5.32 Å². The van der Waals surface area contributed by atoms with Crippen molar-refractivity contribution in [2.45, 2.75) is 30.7 Å². The normalized spacial score (nSPS) is 24.5. The first-order valence-electron chi connectivity index (χ1n) is 8.89. The van der Waals surface area contributed by atoms with Gasteiger partial charge in [-0.2, -0.15) is 0 Å². The first-order valence-corrected chi connectivity index (χ1v) is 8.89. The van der Waals surface area contributed by atoms with Crippen molar-refractivity contribution in [3.05, 3.63) is 71.5 Å². The lowest BCUT2D eigenvalue weighted by atomic mass is 9.82. The van der Waals surface area contributed by atoms with Crippen LogP contribution in [-0.4, -0.2) is 19.1 Å². The van der Waals surface area contributed by atoms with Crippen LogP contribution in [0.4, 0.5) is 4.39 Å². The summed E-state index contributed by atoms with van der Waals surface area (Å²) in [6.07, 6.45) is 2.33. The van der Waals surface area contributed by atoms with Gasteiger partial charge in [0.05, 0.1) is 5.54 Å². The second kappa shape index (κ2) is 6.60. The third-order valence-electron chi connectivity index (χ3n) is 5.46. The highest BCUT2D eigenvalue weighted by Crippen LogP contribution is 2.48. The molecule has 2 fully saturated rings. The van der Waals surface area contributed by atoms with Gasteiger partial charge < -0.3 is 10.1 Å². The van der Waals surface area contributed by atoms with Gasteiger partial charge in [0.2, 0.25) is 5.91 Å². The number of nitrogens with one attached hydrogen (secondary N) is 1. The predicted molar refractivity (Wildman–Crippen MR) is 93.6 cm³/mol. The number of halogens is 1. The lowest BCUT2D eigenvalue weighted by Gasteiger charge is -2.38. The van der Waals surface area contributed by atoms with Crippen molar-refractivity contribution in [3.8, 4) is 0 Å². The van der Waals surface area contributed by atoms with Gasteiger partial charge in [0.25, 0.3) is 0 Å². The molecule has 1 saturated carbocycles. The number of benzene rings is 2. The molecule has 130 valence electrons. The minimum Gasteiger partial charge on any atom is -0.381 e. The van der Waals surface area contributed by atoms with Crippen LogP contribution in [0, 0.1) is 11.7 Å². The second-order valence-electron chi connectivity index (χ2n) is 7.05. The Bertz CT molecular complexity index is 738. The summed E-state index contributed by atoms with van der Waals surface area (Å²) in [5.41, 5.74) is 1.74. The summed E-state index contributed by atoms with van der Waals surface area (Å²) in [6, 6.07) is 16.7. The second-order valence-corrected chi connectivity index (χ2v) is 7.05. The van der Waals surface area contributed by atoms with Gasteiger partial charge in [0.1, 0.15) is 5.82 Å². The van der Waals surface area contributed by atoms with Crippen molar-refractivity contribution < 1.29 is 13.9 Å². The number of amides is 1. The largest absolute Gasteiger partial charge is 0.381 e. The van der Waals surface area contributed by atoms with E-state index in [0.29, 0.717) is 32.0 Å². The molecule has 0 spiro atoms. The zero-order valence-electron chi connectivity index (χ0n) is 14.1. The van der Waals surface area contributed by atoms with Crippen LogP contribution >= 0.6 is 0 Å². The maximum absolute atomic E-state index is 13.3. The molecule has 2 aromatic rings. The summed E-state index contributed by atoms with van der Waals surface area (Å²) in [4.78, 5) is 12.9. The number of carbonyl (C=O) groups is 1. The fourth-order valence-corrected chi connectivity index (χ4v) is 3.86. The molecule has 4 rings (SSSR count). The molecule has 1 amide bonds. The van der Waals surface area contributed by atoms with Crippen molar-refractivity contribution in [2.24, 2.45) is 5.92 Å². The molecule has 1 N–H and O–H groups in total. The van der Waals surface area contributed by atoms with Crippen LogP contribution in [-0.2, 0) is 15.1 Å². The predicted octanol–water partition coefficient (Wildman–Crippen LogP) is 3.75. The molecule has 2 atom stereocenters. The molecular weight excluding hydrogens is 317 g/mol. The summed E-state index contributed by atoms with van der Waals surface area (Å²) in [6.45, 7) is 1.20. The number of ether oxygens (including phenoxy) is 1. The van der Waals surface area contributed by atoms with Crippen molar-refractivity contribution in [3.63, 3.8) is 0 Å². The van der Waals surface area contributed by atoms with E-state index in [1.54, 1.807) is 12.1 Å². The van der Waals surface area contributed by atoms with Crippen LogP contribution in [0.5, 0.6) is 0 Å². The van der Waals surface area contributed by atoms with Gasteiger partial charge in [-0.1, -0.05) is 42.5 Å². The van der Waals surface area contributed by atoms with Gasteiger partial charge in [-0.25, -0.2) is 4.39 Å². The van der Waals surface area contributed by atoms with E-state index in [1.807, 2.05) is 18.2 Å². The summed E-state index contributed by atoms with van der Waals surface area (Å²) in [5, 5.41) is 3.29. The van der Waals surface area contributed by atoms with Crippen LogP contribution in [0.25, 0.3) is 0 Å². The molecule has 0 bridgehead atoms. The number of hydrogen-bond donors (Lipinski definition) is 1. The SMILES string of the molecule is O=C(NC1(c2ccc(F)cc2)CCOCC1)[C@H]1C[C@@H]1c1ccccc1. The minimum absolute atomic E-state index is 0.0302. The Kier molecular flexibility index (Phi) is 4.30. The van der Waals surface area contributed by atoms with E-state index in [-0.39, 0.29) is 17.6 Å². The molecule has 3 nitrogen and oxygen atoms in total. The zero-order valence-corrected chi connectivity index (χ0v) is 14.1. The molecule has 4 heteroatoms. The zero-order chi connectivity index (χ0) is 17.3. The maximum Gasteiger partial charge on any atom is 0.224 e. The topological polar surface area (TPSA) is 38.3 Å². The molecule has 2 aromatic carbocycles. The van der Waals surface area contributed by atoms with Crippen LogP contribution in [0.1, 0.15) is 36.3 Å². The van der Waals surface area contributed by atoms with E-state index in [1.165, 1.54) is 17.7 Å². The minimum atomic E-state index is -0.452. The molecule has 1 saturated heterocycles. The van der Waals surface area contributed by atoms with Gasteiger partial charge in [-0.15, -0.1) is 0 Å². The summed E-state index contributed by atoms with van der Waals surface area (Å²) in [5.74, 6) is 0.178. The van der Waals surface area contributed by atoms with Crippen LogP contribution in [0.2, 0.25) is 0 Å². The standard InChI is InChI=1S/C21H22FNO2/c22-17-8-6-16(7-9-17)21(10-12-25-13-11-21)23-20(24)19-14-18(19)15-4-2-1-3-5-15/h1-9,18-19H,10-14H2,(H,23,24)/t18-,19+/m1/s1. The molecule has 1 aliphatic heterocycles. The molecule has 2 aliphatic rings. The van der Waals surface area contributed by atoms with Gasteiger partial charge in [0, 0.05) is 19.1 Å². The monoisotopic (exact) mass is 339 g/mol. The molecule has 1 aliphatic carbocycles. The van der Waals surface area contributed by atoms with E-state index >= 15 is 0 Å². The van der Waals surface area contributed by atoms with Crippen LogP contribution in [0.15, 0.2) is 54.6 Å². The lowest BCUT2D eigenvalue weighted by molar-refractivity contribution is -0.125. The van der Waals surface area contributed by atoms with Crippen LogP contribution < -0.4 is 5.32 Å². The fraction of sp³-hybridized carbons (Fsp3) is 0.381. The maximum atomic E-state index is 13.3. The average Bonchev–Trinajstić information content (AvgIpc) is 3.45. The molecule has 1 heterocycles. The first kappa shape index (κ1) is 16.3. The van der Waals surface area contributed by atoms with Gasteiger partial charge in [-0.3, -0.25) is 4.79 Å². The third kappa shape index (κ3) is 3.31. The molecule has 0 radical (unpaired) electrons. The van der Waals surface area contributed by atoms with Crippen molar-refractivity contribution in [2.75, 3.05) is 13.2 Å². The molecule has 0 aromatic heterocycles. The number of hydrogen-bond acceptors (Lipinski definition) is 2. The number of rotatable bonds is 4. The highest BCUT2D eigenvalue weighted by atomic mass is 19.1. The van der Waals surface area contributed by atoms with Gasteiger partial charge in [-0.05, 0) is 48.4 Å². The highest BCUT2D eigenvalue weighted by molar-refractivity contribution is 5.83. The Morgan fingerprint density at radius 1 is 1.04 bits per heavy atom. The Morgan fingerprint density at radius 2 is 1.72 bits per heavy atom. The van der Waals surface area contributed by atoms with E-state index in [4.69, 9.17) is 4.74 Å². The summed E-state index contributed by atoms with van der Waals surface area (Å²) < 4.78 is 18.8.